The van der Waals surface area contributed by atoms with Crippen LogP contribution in [0.2, 0.25) is 0 Å². The first kappa shape index (κ1) is 33.2. The van der Waals surface area contributed by atoms with Crippen LogP contribution >= 0.6 is 0 Å². The zero-order valence-corrected chi connectivity index (χ0v) is 30.7. The van der Waals surface area contributed by atoms with E-state index in [0.717, 1.165) is 50.1 Å². The van der Waals surface area contributed by atoms with Gasteiger partial charge in [0.05, 0.1) is 5.69 Å². The maximum atomic E-state index is 6.54. The number of anilines is 3. The van der Waals surface area contributed by atoms with Crippen LogP contribution in [-0.2, 0) is 0 Å². The third-order valence-electron chi connectivity index (χ3n) is 10.7. The molecule has 0 bridgehead atoms. The Morgan fingerprint density at radius 2 is 0.768 bits per heavy atom. The molecule has 10 aromatic rings. The molecule has 10 rings (SSSR count). The Hall–Kier alpha value is -7.42. The fourth-order valence-corrected chi connectivity index (χ4v) is 8.00. The minimum Gasteiger partial charge on any atom is -0.456 e. The second kappa shape index (κ2) is 14.4. The van der Waals surface area contributed by atoms with Gasteiger partial charge in [0, 0.05) is 27.7 Å². The molecule has 0 fully saturated rings. The summed E-state index contributed by atoms with van der Waals surface area (Å²) < 4.78 is 6.54. The van der Waals surface area contributed by atoms with Crippen molar-refractivity contribution < 1.29 is 4.42 Å². The molecule has 0 aliphatic carbocycles. The van der Waals surface area contributed by atoms with Crippen molar-refractivity contribution in [2.24, 2.45) is 0 Å². The Balaban J connectivity index is 1.24. The number of fused-ring (bicyclic) bond motifs is 3. The Kier molecular flexibility index (Phi) is 8.55. The number of hydrogen-bond donors (Lipinski definition) is 0. The molecular weight excluding hydrogens is 679 g/mol. The van der Waals surface area contributed by atoms with Gasteiger partial charge in [-0.25, -0.2) is 0 Å². The summed E-state index contributed by atoms with van der Waals surface area (Å²) in [5.74, 6) is 0. The Morgan fingerprint density at radius 3 is 1.38 bits per heavy atom. The van der Waals surface area contributed by atoms with Crippen molar-refractivity contribution in [3.05, 3.63) is 224 Å². The molecule has 2 heteroatoms. The van der Waals surface area contributed by atoms with Crippen LogP contribution in [0.25, 0.3) is 77.6 Å². The van der Waals surface area contributed by atoms with Crippen LogP contribution < -0.4 is 4.90 Å². The van der Waals surface area contributed by atoms with Crippen LogP contribution in [0.3, 0.4) is 0 Å². The normalized spacial score (nSPS) is 11.2. The van der Waals surface area contributed by atoms with Crippen molar-refractivity contribution in [1.29, 1.82) is 0 Å². The Labute approximate surface area is 327 Å². The predicted molar refractivity (Wildman–Crippen MR) is 236 cm³/mol. The van der Waals surface area contributed by atoms with Crippen molar-refractivity contribution in [2.75, 3.05) is 4.90 Å². The number of rotatable bonds is 8. The summed E-state index contributed by atoms with van der Waals surface area (Å²) in [6.45, 7) is 0. The minimum atomic E-state index is 0.862. The molecule has 0 saturated carbocycles. The lowest BCUT2D eigenvalue weighted by Crippen LogP contribution is -2.12. The van der Waals surface area contributed by atoms with Crippen molar-refractivity contribution in [2.45, 2.75) is 0 Å². The first-order chi connectivity index (χ1) is 27.8. The van der Waals surface area contributed by atoms with Crippen molar-refractivity contribution in [3.8, 4) is 55.6 Å². The van der Waals surface area contributed by atoms with E-state index >= 15 is 0 Å². The number of para-hydroxylation sites is 1. The van der Waals surface area contributed by atoms with E-state index in [4.69, 9.17) is 4.42 Å². The van der Waals surface area contributed by atoms with Gasteiger partial charge in [-0.1, -0.05) is 182 Å². The van der Waals surface area contributed by atoms with E-state index in [-0.39, 0.29) is 0 Å². The van der Waals surface area contributed by atoms with Gasteiger partial charge in [-0.15, -0.1) is 0 Å². The summed E-state index contributed by atoms with van der Waals surface area (Å²) >= 11 is 0. The SMILES string of the molecule is c1ccc(-c2ccc(-c3c(N(c4ccc(-c5ccccc5)cc4)c4ccc(-c5ccccc5)c(-c5ccccc5)c4)ccc4oc5ccccc5c34)cc2)cc1. The maximum Gasteiger partial charge on any atom is 0.136 e. The largest absolute Gasteiger partial charge is 0.456 e. The van der Waals surface area contributed by atoms with Crippen molar-refractivity contribution in [1.82, 2.24) is 0 Å². The monoisotopic (exact) mass is 715 g/mol. The van der Waals surface area contributed by atoms with E-state index in [0.29, 0.717) is 0 Å². The summed E-state index contributed by atoms with van der Waals surface area (Å²) in [6, 6.07) is 80.1. The molecule has 56 heavy (non-hydrogen) atoms. The van der Waals surface area contributed by atoms with Crippen LogP contribution in [0.4, 0.5) is 17.1 Å². The lowest BCUT2D eigenvalue weighted by atomic mass is 9.92. The molecule has 0 spiro atoms. The average Bonchev–Trinajstić information content (AvgIpc) is 3.67. The molecule has 2 nitrogen and oxygen atoms in total. The Morgan fingerprint density at radius 1 is 0.304 bits per heavy atom. The van der Waals surface area contributed by atoms with Gasteiger partial charge in [-0.05, 0) is 92.5 Å². The van der Waals surface area contributed by atoms with Gasteiger partial charge in [0.15, 0.2) is 0 Å². The average molecular weight is 716 g/mol. The highest BCUT2D eigenvalue weighted by Crippen LogP contribution is 2.48. The first-order valence-corrected chi connectivity index (χ1v) is 19.1. The van der Waals surface area contributed by atoms with Crippen LogP contribution in [0, 0.1) is 0 Å². The quantitative estimate of drug-likeness (QED) is 0.156. The highest BCUT2D eigenvalue weighted by Gasteiger charge is 2.24. The molecule has 0 radical (unpaired) electrons. The summed E-state index contributed by atoms with van der Waals surface area (Å²) in [6.07, 6.45) is 0. The lowest BCUT2D eigenvalue weighted by Gasteiger charge is -2.29. The van der Waals surface area contributed by atoms with E-state index < -0.39 is 0 Å². The third kappa shape index (κ3) is 6.14. The molecule has 0 saturated heterocycles. The van der Waals surface area contributed by atoms with E-state index in [1.165, 1.54) is 44.5 Å². The highest BCUT2D eigenvalue weighted by atomic mass is 16.3. The van der Waals surface area contributed by atoms with Gasteiger partial charge in [0.25, 0.3) is 0 Å². The molecule has 0 unspecified atom stereocenters. The van der Waals surface area contributed by atoms with Crippen LogP contribution in [0.5, 0.6) is 0 Å². The molecule has 264 valence electrons. The number of furan rings is 1. The van der Waals surface area contributed by atoms with E-state index in [9.17, 15) is 0 Å². The number of nitrogens with zero attached hydrogens (tertiary/aromatic N) is 1. The lowest BCUT2D eigenvalue weighted by molar-refractivity contribution is 0.669. The van der Waals surface area contributed by atoms with E-state index in [1.807, 2.05) is 6.07 Å². The second-order valence-corrected chi connectivity index (χ2v) is 14.1. The Bertz CT molecular complexity index is 2920. The second-order valence-electron chi connectivity index (χ2n) is 14.1. The number of benzene rings is 9. The third-order valence-corrected chi connectivity index (χ3v) is 10.7. The van der Waals surface area contributed by atoms with Crippen molar-refractivity contribution in [3.63, 3.8) is 0 Å². The van der Waals surface area contributed by atoms with Gasteiger partial charge in [-0.3, -0.25) is 0 Å². The topological polar surface area (TPSA) is 16.4 Å². The summed E-state index contributed by atoms with van der Waals surface area (Å²) in [4.78, 5) is 2.41. The van der Waals surface area contributed by atoms with E-state index in [1.54, 1.807) is 0 Å². The predicted octanol–water partition coefficient (Wildman–Crippen LogP) is 15.4. The molecule has 9 aromatic carbocycles. The van der Waals surface area contributed by atoms with E-state index in [2.05, 4.69) is 223 Å². The van der Waals surface area contributed by atoms with Gasteiger partial charge < -0.3 is 9.32 Å². The molecule has 0 aliphatic heterocycles. The van der Waals surface area contributed by atoms with Crippen LogP contribution in [0.15, 0.2) is 229 Å². The molecule has 0 atom stereocenters. The van der Waals surface area contributed by atoms with Crippen LogP contribution in [-0.4, -0.2) is 0 Å². The van der Waals surface area contributed by atoms with Gasteiger partial charge in [0.1, 0.15) is 11.2 Å². The molecule has 0 amide bonds. The molecule has 0 aliphatic rings. The molecule has 1 heterocycles. The summed E-state index contributed by atoms with van der Waals surface area (Å²) in [5, 5.41) is 2.19. The number of hydrogen-bond acceptors (Lipinski definition) is 2. The zero-order chi connectivity index (χ0) is 37.3. The summed E-state index contributed by atoms with van der Waals surface area (Å²) in [5.41, 5.74) is 16.6. The fraction of sp³-hybridized carbons (Fsp3) is 0. The van der Waals surface area contributed by atoms with Crippen molar-refractivity contribution >= 4 is 39.0 Å². The molecule has 0 N–H and O–H groups in total. The minimum absolute atomic E-state index is 0.862. The highest BCUT2D eigenvalue weighted by molar-refractivity contribution is 6.16. The summed E-state index contributed by atoms with van der Waals surface area (Å²) in [7, 11) is 0. The fourth-order valence-electron chi connectivity index (χ4n) is 8.00. The van der Waals surface area contributed by atoms with Gasteiger partial charge >= 0.3 is 0 Å². The zero-order valence-electron chi connectivity index (χ0n) is 30.7. The van der Waals surface area contributed by atoms with Gasteiger partial charge in [0.2, 0.25) is 0 Å². The van der Waals surface area contributed by atoms with Crippen LogP contribution in [0.1, 0.15) is 0 Å². The molecular formula is C54H37NO. The van der Waals surface area contributed by atoms with Gasteiger partial charge in [-0.2, -0.15) is 0 Å². The maximum absolute atomic E-state index is 6.54. The molecule has 1 aromatic heterocycles. The first-order valence-electron chi connectivity index (χ1n) is 19.1. The smallest absolute Gasteiger partial charge is 0.136 e. The standard InChI is InChI=1S/C54H37NO/c1-5-15-38(16-6-1)40-25-27-44(28-26-40)53-50(35-36-52-54(53)48-23-13-14-24-51(48)56-52)55(45-31-29-41(30-32-45)39-17-7-2-8-18-39)46-33-34-47(42-19-9-3-10-20-42)49(37-46)43-21-11-4-12-22-43/h1-37H.